The van der Waals surface area contributed by atoms with Crippen LogP contribution < -0.4 is 16.0 Å². The van der Waals surface area contributed by atoms with E-state index in [4.69, 9.17) is 5.73 Å². The van der Waals surface area contributed by atoms with Gasteiger partial charge in [-0.05, 0) is 37.1 Å². The number of carbonyl (C=O) groups is 2. The summed E-state index contributed by atoms with van der Waals surface area (Å²) in [6.45, 7) is 4.56. The lowest BCUT2D eigenvalue weighted by atomic mass is 10.1. The molecule has 1 atom stereocenters. The molecular weight excluding hydrogens is 242 g/mol. The van der Waals surface area contributed by atoms with Crippen molar-refractivity contribution in [3.8, 4) is 0 Å². The average molecular weight is 261 g/mol. The summed E-state index contributed by atoms with van der Waals surface area (Å²) in [5.74, 6) is 0.193. The Hall–Kier alpha value is -1.88. The number of hydrogen-bond acceptors (Lipinski definition) is 3. The quantitative estimate of drug-likeness (QED) is 0.860. The van der Waals surface area contributed by atoms with Crippen LogP contribution in [0.1, 0.15) is 18.9 Å². The van der Waals surface area contributed by atoms with Crippen LogP contribution in [0.25, 0.3) is 0 Å². The van der Waals surface area contributed by atoms with E-state index in [0.717, 1.165) is 16.9 Å². The van der Waals surface area contributed by atoms with Gasteiger partial charge in [-0.15, -0.1) is 0 Å². The molecule has 1 aliphatic heterocycles. The Labute approximate surface area is 112 Å². The van der Waals surface area contributed by atoms with E-state index in [1.807, 2.05) is 25.1 Å². The summed E-state index contributed by atoms with van der Waals surface area (Å²) in [4.78, 5) is 24.8. The summed E-state index contributed by atoms with van der Waals surface area (Å²) >= 11 is 0. The van der Waals surface area contributed by atoms with Crippen LogP contribution in [0.4, 0.5) is 11.4 Å². The fourth-order valence-corrected chi connectivity index (χ4v) is 2.29. The van der Waals surface area contributed by atoms with Crippen molar-refractivity contribution >= 4 is 23.2 Å². The highest BCUT2D eigenvalue weighted by molar-refractivity contribution is 5.97. The highest BCUT2D eigenvalue weighted by atomic mass is 16.2. The third-order valence-electron chi connectivity index (χ3n) is 3.38. The minimum Gasteiger partial charge on any atom is -0.330 e. The summed E-state index contributed by atoms with van der Waals surface area (Å²) in [7, 11) is 0. The second-order valence-corrected chi connectivity index (χ2v) is 4.99. The Kier molecular flexibility index (Phi) is 3.85. The largest absolute Gasteiger partial charge is 0.330 e. The molecule has 0 bridgehead atoms. The van der Waals surface area contributed by atoms with E-state index < -0.39 is 0 Å². The Balaban J connectivity index is 2.26. The van der Waals surface area contributed by atoms with Gasteiger partial charge in [-0.1, -0.05) is 6.07 Å². The van der Waals surface area contributed by atoms with E-state index >= 15 is 0 Å². The Morgan fingerprint density at radius 2 is 2.26 bits per heavy atom. The van der Waals surface area contributed by atoms with Crippen LogP contribution in [0.15, 0.2) is 18.2 Å². The normalized spacial score (nSPS) is 18.8. The maximum atomic E-state index is 11.9. The molecule has 5 heteroatoms. The van der Waals surface area contributed by atoms with Gasteiger partial charge < -0.3 is 16.0 Å². The molecule has 3 N–H and O–H groups in total. The molecule has 2 rings (SSSR count). The number of aryl methyl sites for hydroxylation is 1. The summed E-state index contributed by atoms with van der Waals surface area (Å²) in [6, 6.07) is 5.65. The summed E-state index contributed by atoms with van der Waals surface area (Å²) in [5, 5.41) is 2.78. The molecule has 0 aromatic heterocycles. The number of amides is 2. The lowest BCUT2D eigenvalue weighted by molar-refractivity contribution is -0.117. The van der Waals surface area contributed by atoms with Crippen molar-refractivity contribution in [1.29, 1.82) is 0 Å². The zero-order chi connectivity index (χ0) is 14.0. The molecule has 19 heavy (non-hydrogen) atoms. The second-order valence-electron chi connectivity index (χ2n) is 4.99. The number of carbonyl (C=O) groups excluding carboxylic acids is 2. The Bertz CT molecular complexity index is 513. The van der Waals surface area contributed by atoms with Crippen molar-refractivity contribution < 1.29 is 9.59 Å². The number of anilines is 2. The van der Waals surface area contributed by atoms with Gasteiger partial charge in [0.15, 0.2) is 0 Å². The summed E-state index contributed by atoms with van der Waals surface area (Å²) in [5.41, 5.74) is 8.15. The average Bonchev–Trinajstić information content (AvgIpc) is 2.73. The van der Waals surface area contributed by atoms with Gasteiger partial charge in [0.05, 0.1) is 0 Å². The van der Waals surface area contributed by atoms with Gasteiger partial charge in [0.1, 0.15) is 0 Å². The van der Waals surface area contributed by atoms with Crippen LogP contribution in [0.5, 0.6) is 0 Å². The monoisotopic (exact) mass is 261 g/mol. The van der Waals surface area contributed by atoms with Crippen molar-refractivity contribution in [3.05, 3.63) is 23.8 Å². The van der Waals surface area contributed by atoms with Gasteiger partial charge in [-0.2, -0.15) is 0 Å². The standard InChI is InChI=1S/C14H19N3O2/c1-9-3-4-12(6-13(9)16-10(2)18)17-8-11(7-15)5-14(17)19/h3-4,6,11H,5,7-8,15H2,1-2H3,(H,16,18). The minimum atomic E-state index is -0.118. The van der Waals surface area contributed by atoms with Gasteiger partial charge in [0.2, 0.25) is 11.8 Å². The molecule has 0 radical (unpaired) electrons. The molecule has 1 fully saturated rings. The zero-order valence-corrected chi connectivity index (χ0v) is 11.3. The van der Waals surface area contributed by atoms with Gasteiger partial charge >= 0.3 is 0 Å². The van der Waals surface area contributed by atoms with Crippen LogP contribution in [0.3, 0.4) is 0 Å². The Morgan fingerprint density at radius 1 is 1.53 bits per heavy atom. The van der Waals surface area contributed by atoms with Crippen LogP contribution in [0, 0.1) is 12.8 Å². The number of nitrogens with one attached hydrogen (secondary N) is 1. The Morgan fingerprint density at radius 3 is 2.84 bits per heavy atom. The lowest BCUT2D eigenvalue weighted by Crippen LogP contribution is -2.25. The molecule has 1 aliphatic rings. The van der Waals surface area contributed by atoms with Crippen molar-refractivity contribution in [2.75, 3.05) is 23.3 Å². The van der Waals surface area contributed by atoms with E-state index in [0.29, 0.717) is 19.5 Å². The molecule has 5 nitrogen and oxygen atoms in total. The number of nitrogens with two attached hydrogens (primary N) is 1. The van der Waals surface area contributed by atoms with Gasteiger partial charge in [0, 0.05) is 31.3 Å². The predicted molar refractivity (Wildman–Crippen MR) is 75.0 cm³/mol. The molecule has 1 heterocycles. The topological polar surface area (TPSA) is 75.4 Å². The molecule has 1 aromatic rings. The first-order valence-electron chi connectivity index (χ1n) is 6.40. The van der Waals surface area contributed by atoms with Gasteiger partial charge in [0.25, 0.3) is 0 Å². The van der Waals surface area contributed by atoms with Crippen molar-refractivity contribution in [1.82, 2.24) is 0 Å². The molecular formula is C14H19N3O2. The number of benzene rings is 1. The smallest absolute Gasteiger partial charge is 0.227 e. The molecule has 0 aliphatic carbocycles. The van der Waals surface area contributed by atoms with Crippen LogP contribution >= 0.6 is 0 Å². The van der Waals surface area contributed by atoms with Crippen molar-refractivity contribution in [3.63, 3.8) is 0 Å². The number of rotatable bonds is 3. The van der Waals surface area contributed by atoms with E-state index in [-0.39, 0.29) is 17.7 Å². The fourth-order valence-electron chi connectivity index (χ4n) is 2.29. The maximum Gasteiger partial charge on any atom is 0.227 e. The van der Waals surface area contributed by atoms with E-state index in [9.17, 15) is 9.59 Å². The molecule has 0 saturated carbocycles. The number of nitrogens with zero attached hydrogens (tertiary/aromatic N) is 1. The predicted octanol–water partition coefficient (Wildman–Crippen LogP) is 1.27. The molecule has 1 aromatic carbocycles. The number of hydrogen-bond donors (Lipinski definition) is 2. The highest BCUT2D eigenvalue weighted by Gasteiger charge is 2.29. The molecule has 0 spiro atoms. The SMILES string of the molecule is CC(=O)Nc1cc(N2CC(CN)CC2=O)ccc1C. The first-order valence-corrected chi connectivity index (χ1v) is 6.40. The van der Waals surface area contributed by atoms with Crippen molar-refractivity contribution in [2.45, 2.75) is 20.3 Å². The molecule has 1 saturated heterocycles. The molecule has 102 valence electrons. The summed E-state index contributed by atoms with van der Waals surface area (Å²) < 4.78 is 0. The first kappa shape index (κ1) is 13.5. The lowest BCUT2D eigenvalue weighted by Gasteiger charge is -2.18. The molecule has 2 amide bonds. The molecule has 1 unspecified atom stereocenters. The van der Waals surface area contributed by atoms with Crippen LogP contribution in [-0.2, 0) is 9.59 Å². The van der Waals surface area contributed by atoms with E-state index in [2.05, 4.69) is 5.32 Å². The second kappa shape index (κ2) is 5.40. The maximum absolute atomic E-state index is 11.9. The van der Waals surface area contributed by atoms with Crippen LogP contribution in [-0.4, -0.2) is 24.9 Å². The fraction of sp³-hybridized carbons (Fsp3) is 0.429. The van der Waals surface area contributed by atoms with E-state index in [1.165, 1.54) is 6.92 Å². The van der Waals surface area contributed by atoms with Gasteiger partial charge in [-0.25, -0.2) is 0 Å². The third kappa shape index (κ3) is 2.93. The first-order chi connectivity index (χ1) is 9.01. The zero-order valence-electron chi connectivity index (χ0n) is 11.3. The highest BCUT2D eigenvalue weighted by Crippen LogP contribution is 2.28. The van der Waals surface area contributed by atoms with Crippen LogP contribution in [0.2, 0.25) is 0 Å². The van der Waals surface area contributed by atoms with Crippen molar-refractivity contribution in [2.24, 2.45) is 11.7 Å². The summed E-state index contributed by atoms with van der Waals surface area (Å²) in [6.07, 6.45) is 0.500. The minimum absolute atomic E-state index is 0.0908. The van der Waals surface area contributed by atoms with E-state index in [1.54, 1.807) is 4.90 Å². The van der Waals surface area contributed by atoms with Gasteiger partial charge in [-0.3, -0.25) is 9.59 Å². The third-order valence-corrected chi connectivity index (χ3v) is 3.38.